The maximum atomic E-state index is 13.7. The predicted octanol–water partition coefficient (Wildman–Crippen LogP) is 3.25. The molecule has 0 N–H and O–H groups in total. The van der Waals surface area contributed by atoms with Crippen LogP contribution in [0.3, 0.4) is 0 Å². The molecule has 2 atom stereocenters. The number of ether oxygens (including phenoxy) is 1. The molecule has 3 aliphatic rings. The van der Waals surface area contributed by atoms with Crippen molar-refractivity contribution in [2.24, 2.45) is 0 Å². The molecule has 0 aliphatic carbocycles. The van der Waals surface area contributed by atoms with Crippen molar-refractivity contribution in [2.45, 2.75) is 43.6 Å². The molecule has 3 aliphatic heterocycles. The largest absolute Gasteiger partial charge is 0.472 e. The van der Waals surface area contributed by atoms with Crippen LogP contribution in [0.4, 0.5) is 8.78 Å². The molecule has 2 aromatic rings. The first-order chi connectivity index (χ1) is 14.0. The van der Waals surface area contributed by atoms with E-state index in [1.807, 2.05) is 0 Å². The zero-order chi connectivity index (χ0) is 20.2. The van der Waals surface area contributed by atoms with Crippen LogP contribution in [0.2, 0.25) is 0 Å². The number of amides is 2. The number of carbonyl (C=O) groups is 2. The van der Waals surface area contributed by atoms with Crippen molar-refractivity contribution >= 4 is 11.8 Å². The highest BCUT2D eigenvalue weighted by molar-refractivity contribution is 5.94. The number of hydrogen-bond donors (Lipinski definition) is 0. The van der Waals surface area contributed by atoms with Gasteiger partial charge in [0.15, 0.2) is 5.60 Å². The molecule has 0 bridgehead atoms. The monoisotopic (exact) mass is 402 g/mol. The number of piperidine rings is 1. The van der Waals surface area contributed by atoms with Crippen LogP contribution in [0.5, 0.6) is 0 Å². The number of furan rings is 1. The summed E-state index contributed by atoms with van der Waals surface area (Å²) < 4.78 is 38.5. The molecule has 2 unspecified atom stereocenters. The van der Waals surface area contributed by atoms with Gasteiger partial charge >= 0.3 is 0 Å². The molecule has 4 heterocycles. The van der Waals surface area contributed by atoms with Gasteiger partial charge in [-0.3, -0.25) is 9.59 Å². The maximum absolute atomic E-state index is 13.7. The molecule has 2 amide bonds. The average Bonchev–Trinajstić information content (AvgIpc) is 3.41. The summed E-state index contributed by atoms with van der Waals surface area (Å²) >= 11 is 0. The highest BCUT2D eigenvalue weighted by atomic mass is 19.1. The van der Waals surface area contributed by atoms with Crippen LogP contribution >= 0.6 is 0 Å². The van der Waals surface area contributed by atoms with Crippen molar-refractivity contribution in [3.63, 3.8) is 0 Å². The zero-order valence-electron chi connectivity index (χ0n) is 15.6. The van der Waals surface area contributed by atoms with E-state index in [0.717, 1.165) is 6.07 Å². The highest BCUT2D eigenvalue weighted by Gasteiger charge is 2.58. The first kappa shape index (κ1) is 18.3. The average molecular weight is 402 g/mol. The van der Waals surface area contributed by atoms with E-state index in [4.69, 9.17) is 9.15 Å². The van der Waals surface area contributed by atoms with Gasteiger partial charge in [0.25, 0.3) is 11.8 Å². The van der Waals surface area contributed by atoms with Crippen LogP contribution < -0.4 is 0 Å². The van der Waals surface area contributed by atoms with E-state index in [0.29, 0.717) is 49.9 Å². The van der Waals surface area contributed by atoms with Gasteiger partial charge in [0.1, 0.15) is 24.1 Å². The summed E-state index contributed by atoms with van der Waals surface area (Å²) in [6, 6.07) is 4.60. The molecule has 0 saturated carbocycles. The molecule has 3 fully saturated rings. The first-order valence-corrected chi connectivity index (χ1v) is 9.75. The van der Waals surface area contributed by atoms with Crippen molar-refractivity contribution in [3.05, 3.63) is 59.6 Å². The van der Waals surface area contributed by atoms with Gasteiger partial charge in [0.05, 0.1) is 17.9 Å². The smallest absolute Gasteiger partial charge is 0.257 e. The number of likely N-dealkylation sites (tertiary alicyclic amines) is 1. The maximum Gasteiger partial charge on any atom is 0.257 e. The molecule has 29 heavy (non-hydrogen) atoms. The van der Waals surface area contributed by atoms with Crippen LogP contribution in [-0.4, -0.2) is 46.5 Å². The fraction of sp³-hybridized carbons (Fsp3) is 0.429. The van der Waals surface area contributed by atoms with E-state index >= 15 is 0 Å². The standard InChI is InChI=1S/C21H20F2N2O4/c22-15-9-14(10-16(23)11-15)17-1-2-18-25(17)20(27)21(29-18)4-6-24(7-5-21)19(26)13-3-8-28-12-13/h3,8-12,17-18H,1-2,4-7H2. The number of halogens is 2. The third-order valence-corrected chi connectivity index (χ3v) is 6.22. The molecule has 5 rings (SSSR count). The van der Waals surface area contributed by atoms with Crippen LogP contribution in [0.25, 0.3) is 0 Å². The minimum Gasteiger partial charge on any atom is -0.472 e. The summed E-state index contributed by atoms with van der Waals surface area (Å²) in [5.74, 6) is -1.59. The van der Waals surface area contributed by atoms with Gasteiger partial charge in [0.2, 0.25) is 0 Å². The van der Waals surface area contributed by atoms with E-state index in [2.05, 4.69) is 0 Å². The summed E-state index contributed by atoms with van der Waals surface area (Å²) in [4.78, 5) is 29.1. The Morgan fingerprint density at radius 2 is 1.83 bits per heavy atom. The quantitative estimate of drug-likeness (QED) is 0.774. The lowest BCUT2D eigenvalue weighted by atomic mass is 9.89. The second-order valence-electron chi connectivity index (χ2n) is 7.88. The number of hydrogen-bond acceptors (Lipinski definition) is 4. The summed E-state index contributed by atoms with van der Waals surface area (Å²) in [7, 11) is 0. The third kappa shape index (κ3) is 2.93. The van der Waals surface area contributed by atoms with E-state index in [1.165, 1.54) is 24.7 Å². The number of nitrogens with zero attached hydrogens (tertiary/aromatic N) is 2. The Morgan fingerprint density at radius 3 is 2.48 bits per heavy atom. The Labute approximate surface area is 166 Å². The molecule has 8 heteroatoms. The van der Waals surface area contributed by atoms with Gasteiger partial charge in [-0.1, -0.05) is 0 Å². The second-order valence-corrected chi connectivity index (χ2v) is 7.88. The summed E-state index contributed by atoms with van der Waals surface area (Å²) in [5, 5.41) is 0. The van der Waals surface area contributed by atoms with E-state index < -0.39 is 29.5 Å². The van der Waals surface area contributed by atoms with Crippen LogP contribution in [0, 0.1) is 11.6 Å². The topological polar surface area (TPSA) is 63.0 Å². The van der Waals surface area contributed by atoms with Gasteiger partial charge in [-0.25, -0.2) is 8.78 Å². The van der Waals surface area contributed by atoms with Gasteiger partial charge in [-0.15, -0.1) is 0 Å². The summed E-state index contributed by atoms with van der Waals surface area (Å²) in [5.41, 5.74) is -0.0393. The zero-order valence-corrected chi connectivity index (χ0v) is 15.6. The third-order valence-electron chi connectivity index (χ3n) is 6.22. The van der Waals surface area contributed by atoms with Gasteiger partial charge < -0.3 is 19.0 Å². The Hall–Kier alpha value is -2.74. The number of carbonyl (C=O) groups excluding carboxylic acids is 2. The molecular formula is C21H20F2N2O4. The molecule has 0 radical (unpaired) electrons. The van der Waals surface area contributed by atoms with Gasteiger partial charge in [-0.2, -0.15) is 0 Å². The van der Waals surface area contributed by atoms with Crippen molar-refractivity contribution in [3.8, 4) is 0 Å². The molecule has 152 valence electrons. The lowest BCUT2D eigenvalue weighted by molar-refractivity contribution is -0.142. The molecule has 1 aromatic heterocycles. The molecular weight excluding hydrogens is 382 g/mol. The Kier molecular flexibility index (Phi) is 4.20. The van der Waals surface area contributed by atoms with Crippen molar-refractivity contribution in [2.75, 3.05) is 13.1 Å². The predicted molar refractivity (Wildman–Crippen MR) is 96.6 cm³/mol. The normalized spacial score (nSPS) is 25.7. The fourth-order valence-corrected chi connectivity index (χ4v) is 4.78. The minimum absolute atomic E-state index is 0.132. The number of rotatable bonds is 2. The lowest BCUT2D eigenvalue weighted by Gasteiger charge is -2.37. The van der Waals surface area contributed by atoms with Crippen molar-refractivity contribution in [1.29, 1.82) is 0 Å². The first-order valence-electron chi connectivity index (χ1n) is 9.75. The molecule has 1 aromatic carbocycles. The summed E-state index contributed by atoms with van der Waals surface area (Å²) in [6.45, 7) is 0.797. The highest BCUT2D eigenvalue weighted by Crippen LogP contribution is 2.47. The van der Waals surface area contributed by atoms with Crippen LogP contribution in [-0.2, 0) is 9.53 Å². The number of fused-ring (bicyclic) bond motifs is 1. The SMILES string of the molecule is O=C(c1ccoc1)N1CCC2(CC1)OC1CCC(c3cc(F)cc(F)c3)N1C2=O. The van der Waals surface area contributed by atoms with E-state index in [-0.39, 0.29) is 11.8 Å². The van der Waals surface area contributed by atoms with Crippen LogP contribution in [0.1, 0.15) is 47.6 Å². The molecule has 1 spiro atoms. The molecule has 3 saturated heterocycles. The Balaban J connectivity index is 1.33. The van der Waals surface area contributed by atoms with Crippen molar-refractivity contribution in [1.82, 2.24) is 9.80 Å². The molecule has 6 nitrogen and oxygen atoms in total. The van der Waals surface area contributed by atoms with E-state index in [1.54, 1.807) is 15.9 Å². The van der Waals surface area contributed by atoms with Crippen molar-refractivity contribution < 1.29 is 27.5 Å². The van der Waals surface area contributed by atoms with Gasteiger partial charge in [-0.05, 0) is 36.6 Å². The van der Waals surface area contributed by atoms with Gasteiger partial charge in [0, 0.05) is 32.0 Å². The van der Waals surface area contributed by atoms with E-state index in [9.17, 15) is 18.4 Å². The lowest BCUT2D eigenvalue weighted by Crippen LogP contribution is -2.51. The second kappa shape index (κ2) is 6.66. The summed E-state index contributed by atoms with van der Waals surface area (Å²) in [6.07, 6.45) is 4.47. The number of benzene rings is 1. The fourth-order valence-electron chi connectivity index (χ4n) is 4.78. The minimum atomic E-state index is -0.970. The Bertz CT molecular complexity index is 933. The van der Waals surface area contributed by atoms with Crippen LogP contribution in [0.15, 0.2) is 41.2 Å². The Morgan fingerprint density at radius 1 is 1.10 bits per heavy atom.